The fraction of sp³-hybridized carbons (Fsp3) is 0.923. The van der Waals surface area contributed by atoms with Crippen LogP contribution < -0.4 is 5.73 Å². The third-order valence-electron chi connectivity index (χ3n) is 10.6. The van der Waals surface area contributed by atoms with Gasteiger partial charge in [0.1, 0.15) is 0 Å². The molecule has 0 saturated heterocycles. The number of allylic oxidation sites excluding steroid dienone is 1. The molecule has 4 saturated carbocycles. The van der Waals surface area contributed by atoms with Crippen LogP contribution >= 0.6 is 0 Å². The molecule has 2 N–H and O–H groups in total. The molecule has 0 amide bonds. The Morgan fingerprint density at radius 1 is 0.926 bits per heavy atom. The molecule has 4 aliphatic rings. The highest BCUT2D eigenvalue weighted by molar-refractivity contribution is 5.15. The van der Waals surface area contributed by atoms with Crippen LogP contribution in [0.1, 0.15) is 92.4 Å². The molecule has 0 radical (unpaired) electrons. The van der Waals surface area contributed by atoms with Gasteiger partial charge in [-0.3, -0.25) is 0 Å². The Hall–Kier alpha value is -0.300. The van der Waals surface area contributed by atoms with Gasteiger partial charge in [-0.05, 0) is 117 Å². The molecule has 0 spiro atoms. The highest BCUT2D eigenvalue weighted by Crippen LogP contribution is 2.68. The van der Waals surface area contributed by atoms with Crippen molar-refractivity contribution in [2.75, 3.05) is 0 Å². The summed E-state index contributed by atoms with van der Waals surface area (Å²) in [4.78, 5) is 0. The highest BCUT2D eigenvalue weighted by Gasteiger charge is 2.60. The van der Waals surface area contributed by atoms with E-state index < -0.39 is 0 Å². The van der Waals surface area contributed by atoms with Gasteiger partial charge in [0.25, 0.3) is 0 Å². The lowest BCUT2D eigenvalue weighted by molar-refractivity contribution is -0.118. The Morgan fingerprint density at radius 3 is 2.26 bits per heavy atom. The molecule has 1 heteroatoms. The fourth-order valence-corrected chi connectivity index (χ4v) is 8.99. The van der Waals surface area contributed by atoms with Crippen molar-refractivity contribution in [3.8, 4) is 0 Å². The molecule has 0 heterocycles. The topological polar surface area (TPSA) is 26.0 Å². The zero-order chi connectivity index (χ0) is 19.6. The molecule has 0 aromatic heterocycles. The van der Waals surface area contributed by atoms with Crippen molar-refractivity contribution >= 4 is 0 Å². The van der Waals surface area contributed by atoms with E-state index in [0.717, 1.165) is 35.5 Å². The van der Waals surface area contributed by atoms with Crippen LogP contribution in [0.5, 0.6) is 0 Å². The van der Waals surface area contributed by atoms with Crippen molar-refractivity contribution in [3.63, 3.8) is 0 Å². The normalized spacial score (nSPS) is 50.6. The third-order valence-corrected chi connectivity index (χ3v) is 10.6. The molecule has 1 nitrogen and oxygen atoms in total. The second-order valence-electron chi connectivity index (χ2n) is 12.0. The minimum absolute atomic E-state index is 0.410. The Kier molecular flexibility index (Phi) is 5.10. The molecule has 0 bridgehead atoms. The van der Waals surface area contributed by atoms with Crippen molar-refractivity contribution in [2.24, 2.45) is 58.0 Å². The molecule has 4 rings (SSSR count). The van der Waals surface area contributed by atoms with Crippen LogP contribution in [0.4, 0.5) is 0 Å². The summed E-state index contributed by atoms with van der Waals surface area (Å²) in [5.74, 6) is 6.06. The van der Waals surface area contributed by atoms with Crippen LogP contribution in [0.15, 0.2) is 12.2 Å². The van der Waals surface area contributed by atoms with Gasteiger partial charge in [-0.2, -0.15) is 0 Å². The predicted molar refractivity (Wildman–Crippen MR) is 116 cm³/mol. The quantitative estimate of drug-likeness (QED) is 0.541. The first-order chi connectivity index (χ1) is 12.7. The summed E-state index contributed by atoms with van der Waals surface area (Å²) >= 11 is 0. The standard InChI is InChI=1S/C26H45N/c1-16(2)21-9-10-22-20-8-7-19-15-18(24(27)17(3)4)11-13-25(19,5)23(20)12-14-26(21,22)6/h17-24H,1,7-15,27H2,2-6H3. The van der Waals surface area contributed by atoms with Crippen LogP contribution in [0.2, 0.25) is 0 Å². The van der Waals surface area contributed by atoms with Crippen molar-refractivity contribution in [3.05, 3.63) is 12.2 Å². The lowest BCUT2D eigenvalue weighted by Gasteiger charge is -2.61. The maximum absolute atomic E-state index is 6.61. The minimum Gasteiger partial charge on any atom is -0.327 e. The van der Waals surface area contributed by atoms with Crippen molar-refractivity contribution < 1.29 is 0 Å². The lowest BCUT2D eigenvalue weighted by Crippen LogP contribution is -2.54. The third kappa shape index (κ3) is 2.97. The van der Waals surface area contributed by atoms with Gasteiger partial charge in [0.15, 0.2) is 0 Å². The van der Waals surface area contributed by atoms with Gasteiger partial charge in [-0.15, -0.1) is 0 Å². The molecule has 0 aromatic carbocycles. The predicted octanol–water partition coefficient (Wildman–Crippen LogP) is 6.82. The molecule has 0 aromatic rings. The van der Waals surface area contributed by atoms with Gasteiger partial charge >= 0.3 is 0 Å². The maximum atomic E-state index is 6.61. The molecule has 27 heavy (non-hydrogen) atoms. The molecular formula is C26H45N. The van der Waals surface area contributed by atoms with Crippen LogP contribution in [0, 0.1) is 52.3 Å². The summed E-state index contributed by atoms with van der Waals surface area (Å²) in [6.07, 6.45) is 13.0. The second-order valence-corrected chi connectivity index (χ2v) is 12.0. The van der Waals surface area contributed by atoms with E-state index in [-0.39, 0.29) is 0 Å². The first kappa shape index (κ1) is 20.0. The van der Waals surface area contributed by atoms with Crippen LogP contribution in [-0.2, 0) is 0 Å². The lowest BCUT2D eigenvalue weighted by atomic mass is 9.44. The molecular weight excluding hydrogens is 326 g/mol. The zero-order valence-corrected chi connectivity index (χ0v) is 18.8. The van der Waals surface area contributed by atoms with E-state index in [0.29, 0.717) is 22.8 Å². The summed E-state index contributed by atoms with van der Waals surface area (Å²) in [5.41, 5.74) is 9.22. The first-order valence-corrected chi connectivity index (χ1v) is 12.1. The molecule has 9 unspecified atom stereocenters. The summed E-state index contributed by atoms with van der Waals surface area (Å²) in [7, 11) is 0. The summed E-state index contributed by atoms with van der Waals surface area (Å²) < 4.78 is 0. The van der Waals surface area contributed by atoms with Gasteiger partial charge in [-0.1, -0.05) is 39.8 Å². The summed E-state index contributed by atoms with van der Waals surface area (Å²) in [6.45, 7) is 16.6. The summed E-state index contributed by atoms with van der Waals surface area (Å²) in [6, 6.07) is 0.410. The second kappa shape index (κ2) is 6.89. The number of fused-ring (bicyclic) bond motifs is 5. The SMILES string of the molecule is C=C(C)C1CCC2C3CCC4CC(C(N)C(C)C)CCC4(C)C3CCC12C. The monoisotopic (exact) mass is 371 g/mol. The van der Waals surface area contributed by atoms with Gasteiger partial charge in [0.2, 0.25) is 0 Å². The largest absolute Gasteiger partial charge is 0.327 e. The van der Waals surface area contributed by atoms with Gasteiger partial charge in [-0.25, -0.2) is 0 Å². The Bertz CT molecular complexity index is 579. The Balaban J connectivity index is 1.53. The van der Waals surface area contributed by atoms with E-state index in [1.165, 1.54) is 63.4 Å². The number of hydrogen-bond acceptors (Lipinski definition) is 1. The van der Waals surface area contributed by atoms with Gasteiger partial charge in [0.05, 0.1) is 0 Å². The van der Waals surface area contributed by atoms with Crippen molar-refractivity contribution in [1.29, 1.82) is 0 Å². The minimum atomic E-state index is 0.410. The average molecular weight is 372 g/mol. The number of hydrogen-bond donors (Lipinski definition) is 1. The van der Waals surface area contributed by atoms with E-state index in [9.17, 15) is 0 Å². The van der Waals surface area contributed by atoms with Crippen molar-refractivity contribution in [2.45, 2.75) is 98.4 Å². The van der Waals surface area contributed by atoms with E-state index >= 15 is 0 Å². The van der Waals surface area contributed by atoms with E-state index in [1.807, 2.05) is 0 Å². The molecule has 4 aliphatic carbocycles. The van der Waals surface area contributed by atoms with Crippen molar-refractivity contribution in [1.82, 2.24) is 0 Å². The fourth-order valence-electron chi connectivity index (χ4n) is 8.99. The molecule has 4 fully saturated rings. The van der Waals surface area contributed by atoms with E-state index in [1.54, 1.807) is 0 Å². The van der Waals surface area contributed by atoms with E-state index in [2.05, 4.69) is 41.2 Å². The zero-order valence-electron chi connectivity index (χ0n) is 18.8. The molecule has 0 aliphatic heterocycles. The first-order valence-electron chi connectivity index (χ1n) is 12.1. The molecule has 9 atom stereocenters. The van der Waals surface area contributed by atoms with Crippen LogP contribution in [0.3, 0.4) is 0 Å². The Labute approximate surface area is 168 Å². The molecule has 154 valence electrons. The smallest absolute Gasteiger partial charge is 0.00904 e. The van der Waals surface area contributed by atoms with Crippen LogP contribution in [-0.4, -0.2) is 6.04 Å². The van der Waals surface area contributed by atoms with Gasteiger partial charge in [0, 0.05) is 6.04 Å². The maximum Gasteiger partial charge on any atom is 0.00904 e. The Morgan fingerprint density at radius 2 is 1.59 bits per heavy atom. The summed E-state index contributed by atoms with van der Waals surface area (Å²) in [5, 5.41) is 0. The number of nitrogens with two attached hydrogens (primary N) is 1. The van der Waals surface area contributed by atoms with Crippen LogP contribution in [0.25, 0.3) is 0 Å². The average Bonchev–Trinajstić information content (AvgIpc) is 2.97. The van der Waals surface area contributed by atoms with Gasteiger partial charge < -0.3 is 5.73 Å². The van der Waals surface area contributed by atoms with E-state index in [4.69, 9.17) is 5.73 Å². The highest BCUT2D eigenvalue weighted by atomic mass is 14.7. The number of rotatable bonds is 3.